The average Bonchev–Trinajstić information content (AvgIpc) is 2.67. The van der Waals surface area contributed by atoms with E-state index in [1.807, 2.05) is 0 Å². The van der Waals surface area contributed by atoms with Crippen LogP contribution in [0.5, 0.6) is 5.75 Å². The van der Waals surface area contributed by atoms with E-state index in [0.717, 1.165) is 4.31 Å². The zero-order valence-corrected chi connectivity index (χ0v) is 16.3. The van der Waals surface area contributed by atoms with Crippen LogP contribution in [0, 0.1) is 0 Å². The van der Waals surface area contributed by atoms with Gasteiger partial charge >= 0.3 is 12.6 Å². The molecule has 0 radical (unpaired) electrons. The van der Waals surface area contributed by atoms with Crippen LogP contribution in [-0.2, 0) is 19.6 Å². The lowest BCUT2D eigenvalue weighted by Gasteiger charge is -2.11. The Morgan fingerprint density at radius 3 is 2.14 bits per heavy atom. The van der Waals surface area contributed by atoms with Crippen molar-refractivity contribution in [2.24, 2.45) is 0 Å². The molecule has 2 aromatic rings. The summed E-state index contributed by atoms with van der Waals surface area (Å²) in [7, 11) is -0.854. The van der Waals surface area contributed by atoms with Gasteiger partial charge in [0, 0.05) is 19.8 Å². The molecule has 0 bridgehead atoms. The molecule has 0 unspecified atom stereocenters. The van der Waals surface area contributed by atoms with Crippen LogP contribution in [0.3, 0.4) is 0 Å². The maximum Gasteiger partial charge on any atom is 0.387 e. The molecule has 0 saturated carbocycles. The van der Waals surface area contributed by atoms with Gasteiger partial charge in [-0.1, -0.05) is 0 Å². The van der Waals surface area contributed by atoms with Crippen molar-refractivity contribution in [3.8, 4) is 5.75 Å². The number of carbonyl (C=O) groups is 2. The van der Waals surface area contributed by atoms with Crippen molar-refractivity contribution in [2.75, 3.05) is 26.0 Å². The van der Waals surface area contributed by atoms with Gasteiger partial charge in [0.2, 0.25) is 10.0 Å². The van der Waals surface area contributed by atoms with Gasteiger partial charge in [0.05, 0.1) is 10.5 Å². The van der Waals surface area contributed by atoms with Gasteiger partial charge < -0.3 is 14.8 Å². The molecule has 0 aromatic heterocycles. The van der Waals surface area contributed by atoms with E-state index in [-0.39, 0.29) is 16.2 Å². The summed E-state index contributed by atoms with van der Waals surface area (Å²) >= 11 is 0. The number of rotatable bonds is 8. The lowest BCUT2D eigenvalue weighted by molar-refractivity contribution is -0.119. The Morgan fingerprint density at radius 2 is 1.62 bits per heavy atom. The monoisotopic (exact) mass is 428 g/mol. The molecule has 0 aliphatic rings. The summed E-state index contributed by atoms with van der Waals surface area (Å²) in [6.45, 7) is -3.54. The number of hydrogen-bond acceptors (Lipinski definition) is 6. The van der Waals surface area contributed by atoms with Gasteiger partial charge in [-0.3, -0.25) is 4.79 Å². The summed E-state index contributed by atoms with van der Waals surface area (Å²) < 4.78 is 58.3. The van der Waals surface area contributed by atoms with Crippen LogP contribution in [-0.4, -0.2) is 51.9 Å². The number of amides is 1. The molecule has 2 aromatic carbocycles. The van der Waals surface area contributed by atoms with E-state index in [9.17, 15) is 26.8 Å². The molecule has 8 nitrogen and oxygen atoms in total. The number of nitrogens with zero attached hydrogens (tertiary/aromatic N) is 1. The minimum atomic E-state index is -3.62. The number of esters is 1. The third-order valence-corrected chi connectivity index (χ3v) is 5.40. The van der Waals surface area contributed by atoms with Crippen molar-refractivity contribution in [1.29, 1.82) is 0 Å². The number of nitrogens with one attached hydrogen (secondary N) is 1. The number of carbonyl (C=O) groups excluding carboxylic acids is 2. The quantitative estimate of drug-likeness (QED) is 0.648. The number of anilines is 1. The van der Waals surface area contributed by atoms with Crippen LogP contribution in [0.15, 0.2) is 53.4 Å². The van der Waals surface area contributed by atoms with Crippen molar-refractivity contribution in [1.82, 2.24) is 4.31 Å². The highest BCUT2D eigenvalue weighted by atomic mass is 32.2. The predicted molar refractivity (Wildman–Crippen MR) is 99.3 cm³/mol. The second-order valence-electron chi connectivity index (χ2n) is 5.84. The fraction of sp³-hybridized carbons (Fsp3) is 0.222. The molecule has 0 aliphatic heterocycles. The lowest BCUT2D eigenvalue weighted by Crippen LogP contribution is -2.22. The van der Waals surface area contributed by atoms with E-state index in [2.05, 4.69) is 10.1 Å². The van der Waals surface area contributed by atoms with E-state index >= 15 is 0 Å². The summed E-state index contributed by atoms with van der Waals surface area (Å²) in [5, 5.41) is 2.43. The zero-order chi connectivity index (χ0) is 21.6. The smallest absolute Gasteiger partial charge is 0.387 e. The summed E-state index contributed by atoms with van der Waals surface area (Å²) in [5.41, 5.74) is 0.370. The molecule has 11 heteroatoms. The van der Waals surface area contributed by atoms with Gasteiger partial charge in [-0.05, 0) is 48.5 Å². The maximum atomic E-state index is 12.1. The van der Waals surface area contributed by atoms with Crippen molar-refractivity contribution in [3.05, 3.63) is 54.1 Å². The SMILES string of the molecule is CN(C)S(=O)(=O)c1ccc(C(=O)OCC(=O)Nc2ccc(OC(F)F)cc2)cc1. The topological polar surface area (TPSA) is 102 Å². The van der Waals surface area contributed by atoms with Crippen molar-refractivity contribution in [3.63, 3.8) is 0 Å². The third-order valence-electron chi connectivity index (χ3n) is 3.57. The van der Waals surface area contributed by atoms with Crippen molar-refractivity contribution >= 4 is 27.6 Å². The summed E-state index contributed by atoms with van der Waals surface area (Å²) in [4.78, 5) is 23.9. The third kappa shape index (κ3) is 6.22. The Bertz CT molecular complexity index is 961. The molecule has 1 N–H and O–H groups in total. The highest BCUT2D eigenvalue weighted by Gasteiger charge is 2.18. The minimum absolute atomic E-state index is 0.0102. The predicted octanol–water partition coefficient (Wildman–Crippen LogP) is 2.33. The molecule has 0 saturated heterocycles. The van der Waals surface area contributed by atoms with Gasteiger partial charge in [-0.25, -0.2) is 17.5 Å². The van der Waals surface area contributed by atoms with Gasteiger partial charge in [-0.15, -0.1) is 0 Å². The van der Waals surface area contributed by atoms with Gasteiger partial charge in [-0.2, -0.15) is 8.78 Å². The molecule has 29 heavy (non-hydrogen) atoms. The largest absolute Gasteiger partial charge is 0.452 e. The average molecular weight is 428 g/mol. The normalized spacial score (nSPS) is 11.4. The summed E-state index contributed by atoms with van der Waals surface area (Å²) in [5.74, 6) is -1.52. The molecule has 0 spiro atoms. The number of halogens is 2. The first-order chi connectivity index (χ1) is 13.6. The Kier molecular flexibility index (Phi) is 7.23. The highest BCUT2D eigenvalue weighted by Crippen LogP contribution is 2.18. The van der Waals surface area contributed by atoms with Crippen LogP contribution in [0.4, 0.5) is 14.5 Å². The first kappa shape index (κ1) is 22.2. The standard InChI is InChI=1S/C18H18F2N2O6S/c1-22(2)29(25,26)15-9-3-12(4-10-15)17(24)27-11-16(23)21-13-5-7-14(8-6-13)28-18(19)20/h3-10,18H,11H2,1-2H3,(H,21,23). The zero-order valence-electron chi connectivity index (χ0n) is 15.5. The van der Waals surface area contributed by atoms with Gasteiger partial charge in [0.1, 0.15) is 5.75 Å². The van der Waals surface area contributed by atoms with E-state index < -0.39 is 35.1 Å². The first-order valence-corrected chi connectivity index (χ1v) is 9.58. The van der Waals surface area contributed by atoms with Gasteiger partial charge in [0.15, 0.2) is 6.61 Å². The van der Waals surface area contributed by atoms with Crippen LogP contribution < -0.4 is 10.1 Å². The van der Waals surface area contributed by atoms with Crippen LogP contribution in [0.25, 0.3) is 0 Å². The van der Waals surface area contributed by atoms with E-state index in [1.165, 1.54) is 62.6 Å². The number of hydrogen-bond donors (Lipinski definition) is 1. The van der Waals surface area contributed by atoms with E-state index in [4.69, 9.17) is 4.74 Å². The molecule has 0 atom stereocenters. The Morgan fingerprint density at radius 1 is 1.03 bits per heavy atom. The molecular weight excluding hydrogens is 410 g/mol. The number of alkyl halides is 2. The first-order valence-electron chi connectivity index (χ1n) is 8.14. The minimum Gasteiger partial charge on any atom is -0.452 e. The molecular formula is C18H18F2N2O6S. The number of sulfonamides is 1. The fourth-order valence-electron chi connectivity index (χ4n) is 2.11. The molecule has 0 fully saturated rings. The molecule has 0 heterocycles. The van der Waals surface area contributed by atoms with E-state index in [0.29, 0.717) is 5.69 Å². The fourth-order valence-corrected chi connectivity index (χ4v) is 3.01. The summed E-state index contributed by atoms with van der Waals surface area (Å²) in [6, 6.07) is 10.3. The van der Waals surface area contributed by atoms with Crippen LogP contribution in [0.2, 0.25) is 0 Å². The second-order valence-corrected chi connectivity index (χ2v) is 7.99. The van der Waals surface area contributed by atoms with Crippen LogP contribution in [0.1, 0.15) is 10.4 Å². The molecule has 2 rings (SSSR count). The Hall–Kier alpha value is -3.05. The van der Waals surface area contributed by atoms with Crippen molar-refractivity contribution < 1.29 is 36.3 Å². The molecule has 1 amide bonds. The highest BCUT2D eigenvalue weighted by molar-refractivity contribution is 7.89. The number of benzene rings is 2. The maximum absolute atomic E-state index is 12.1. The molecule has 156 valence electrons. The van der Waals surface area contributed by atoms with Gasteiger partial charge in [0.25, 0.3) is 5.91 Å². The van der Waals surface area contributed by atoms with E-state index in [1.54, 1.807) is 0 Å². The lowest BCUT2D eigenvalue weighted by atomic mass is 10.2. The number of ether oxygens (including phenoxy) is 2. The second kappa shape index (κ2) is 9.43. The Labute approximate surface area is 166 Å². The van der Waals surface area contributed by atoms with Crippen molar-refractivity contribution in [2.45, 2.75) is 11.5 Å². The Balaban J connectivity index is 1.89. The molecule has 0 aliphatic carbocycles. The summed E-state index contributed by atoms with van der Waals surface area (Å²) in [6.07, 6.45) is 0. The van der Waals surface area contributed by atoms with Crippen LogP contribution >= 0.6 is 0 Å².